The molecule has 0 amide bonds. The second-order valence-corrected chi connectivity index (χ2v) is 5.92. The minimum atomic E-state index is -0.277. The number of ketones is 1. The molecule has 3 heteroatoms. The van der Waals surface area contributed by atoms with Crippen molar-refractivity contribution in [2.45, 2.75) is 44.8 Å². The van der Waals surface area contributed by atoms with Crippen LogP contribution in [0.3, 0.4) is 0 Å². The van der Waals surface area contributed by atoms with Crippen LogP contribution in [0.4, 0.5) is 0 Å². The minimum absolute atomic E-state index is 0.137. The van der Waals surface area contributed by atoms with Crippen LogP contribution in [-0.2, 0) is 11.2 Å². The topological polar surface area (TPSA) is 29.5 Å². The predicted molar refractivity (Wildman–Crippen MR) is 79.1 cm³/mol. The summed E-state index contributed by atoms with van der Waals surface area (Å²) in [6.45, 7) is 4.76. The van der Waals surface area contributed by atoms with E-state index in [9.17, 15) is 4.79 Å². The summed E-state index contributed by atoms with van der Waals surface area (Å²) in [5.74, 6) is 0.137. The van der Waals surface area contributed by atoms with Gasteiger partial charge in [0.1, 0.15) is 6.10 Å². The van der Waals surface area contributed by atoms with Gasteiger partial charge in [-0.25, -0.2) is 0 Å². The lowest BCUT2D eigenvalue weighted by molar-refractivity contribution is -0.0344. The number of carbonyl (C=O) groups excluding carboxylic acids is 1. The Morgan fingerprint density at radius 1 is 1.35 bits per heavy atom. The average molecular weight is 273 g/mol. The number of rotatable bonds is 4. The van der Waals surface area contributed by atoms with Crippen molar-refractivity contribution < 1.29 is 9.53 Å². The van der Waals surface area contributed by atoms with Gasteiger partial charge < -0.3 is 4.74 Å². The molecular formula is C17H23NO2. The molecule has 3 rings (SSSR count). The van der Waals surface area contributed by atoms with E-state index >= 15 is 0 Å². The van der Waals surface area contributed by atoms with Crippen molar-refractivity contribution in [1.82, 2.24) is 4.90 Å². The lowest BCUT2D eigenvalue weighted by Crippen LogP contribution is -2.49. The molecule has 0 bridgehead atoms. The molecule has 0 radical (unpaired) electrons. The van der Waals surface area contributed by atoms with Crippen LogP contribution in [0.15, 0.2) is 24.3 Å². The first kappa shape index (κ1) is 13.8. The van der Waals surface area contributed by atoms with E-state index in [4.69, 9.17) is 4.74 Å². The number of Topliss-reactive ketones (excluding diaryl/α,β-unsaturated/α-hetero) is 1. The fourth-order valence-electron chi connectivity index (χ4n) is 3.29. The van der Waals surface area contributed by atoms with Crippen molar-refractivity contribution in [3.63, 3.8) is 0 Å². The number of benzene rings is 1. The van der Waals surface area contributed by atoms with Gasteiger partial charge >= 0.3 is 0 Å². The van der Waals surface area contributed by atoms with E-state index < -0.39 is 0 Å². The van der Waals surface area contributed by atoms with Gasteiger partial charge in [0.15, 0.2) is 5.78 Å². The van der Waals surface area contributed by atoms with Crippen molar-refractivity contribution in [1.29, 1.82) is 0 Å². The Kier molecular flexibility index (Phi) is 4.18. The highest BCUT2D eigenvalue weighted by Gasteiger charge is 2.35. The van der Waals surface area contributed by atoms with Gasteiger partial charge in [-0.2, -0.15) is 0 Å². The molecule has 1 aromatic carbocycles. The number of hydrogen-bond donors (Lipinski definition) is 0. The fourth-order valence-corrected chi connectivity index (χ4v) is 3.29. The first-order valence-electron chi connectivity index (χ1n) is 7.76. The van der Waals surface area contributed by atoms with Crippen LogP contribution in [0.2, 0.25) is 0 Å². The van der Waals surface area contributed by atoms with Gasteiger partial charge in [0, 0.05) is 18.2 Å². The molecule has 0 N–H and O–H groups in total. The van der Waals surface area contributed by atoms with Crippen LogP contribution in [-0.4, -0.2) is 42.5 Å². The fraction of sp³-hybridized carbons (Fsp3) is 0.588. The number of nitrogens with zero attached hydrogens (tertiary/aromatic N) is 1. The Morgan fingerprint density at radius 2 is 2.15 bits per heavy atom. The normalized spacial score (nSPS) is 26.4. The van der Waals surface area contributed by atoms with E-state index in [1.807, 2.05) is 12.1 Å². The maximum Gasteiger partial charge on any atom is 0.192 e. The molecule has 0 aliphatic carbocycles. The van der Waals surface area contributed by atoms with Crippen molar-refractivity contribution >= 4 is 5.78 Å². The highest BCUT2D eigenvalue weighted by molar-refractivity contribution is 5.99. The Bertz CT molecular complexity index is 468. The molecule has 20 heavy (non-hydrogen) atoms. The summed E-state index contributed by atoms with van der Waals surface area (Å²) in [5.41, 5.74) is 2.08. The summed E-state index contributed by atoms with van der Waals surface area (Å²) in [4.78, 5) is 14.9. The number of hydrogen-bond acceptors (Lipinski definition) is 3. The molecule has 0 aromatic heterocycles. The molecule has 1 aromatic rings. The highest BCUT2D eigenvalue weighted by Crippen LogP contribution is 2.24. The summed E-state index contributed by atoms with van der Waals surface area (Å²) >= 11 is 0. The largest absolute Gasteiger partial charge is 0.367 e. The molecule has 2 fully saturated rings. The van der Waals surface area contributed by atoms with Crippen LogP contribution >= 0.6 is 0 Å². The van der Waals surface area contributed by atoms with Crippen LogP contribution < -0.4 is 0 Å². The minimum Gasteiger partial charge on any atom is -0.367 e. The van der Waals surface area contributed by atoms with Crippen LogP contribution in [0.1, 0.15) is 42.1 Å². The number of morpholine rings is 1. The van der Waals surface area contributed by atoms with E-state index in [0.29, 0.717) is 12.6 Å². The predicted octanol–water partition coefficient (Wildman–Crippen LogP) is 2.69. The lowest BCUT2D eigenvalue weighted by atomic mass is 10.0. The zero-order chi connectivity index (χ0) is 13.9. The summed E-state index contributed by atoms with van der Waals surface area (Å²) in [6, 6.07) is 8.58. The van der Waals surface area contributed by atoms with Gasteiger partial charge in [-0.3, -0.25) is 9.69 Å². The van der Waals surface area contributed by atoms with E-state index in [1.54, 1.807) is 0 Å². The molecule has 2 unspecified atom stereocenters. The Labute approximate surface area is 120 Å². The number of fused-ring (bicyclic) bond motifs is 1. The third-order valence-corrected chi connectivity index (χ3v) is 4.46. The molecule has 0 saturated carbocycles. The zero-order valence-corrected chi connectivity index (χ0v) is 12.2. The second-order valence-electron chi connectivity index (χ2n) is 5.92. The summed E-state index contributed by atoms with van der Waals surface area (Å²) in [7, 11) is 0. The standard InChI is InChI=1S/C17H23NO2/c1-2-4-13-6-8-14(9-7-13)17(19)16-11-18-10-3-5-15(18)12-20-16/h6-9,15-16H,2-5,10-12H2,1H3. The Hall–Kier alpha value is -1.19. The number of ether oxygens (including phenoxy) is 1. The summed E-state index contributed by atoms with van der Waals surface area (Å²) in [5, 5.41) is 0. The third-order valence-electron chi connectivity index (χ3n) is 4.46. The van der Waals surface area contributed by atoms with Gasteiger partial charge in [-0.1, -0.05) is 37.6 Å². The quantitative estimate of drug-likeness (QED) is 0.790. The first-order valence-corrected chi connectivity index (χ1v) is 7.76. The average Bonchev–Trinajstić information content (AvgIpc) is 2.95. The van der Waals surface area contributed by atoms with Gasteiger partial charge in [0.25, 0.3) is 0 Å². The van der Waals surface area contributed by atoms with Crippen molar-refractivity contribution in [3.8, 4) is 0 Å². The molecule has 2 aliphatic rings. The smallest absolute Gasteiger partial charge is 0.192 e. The Balaban J connectivity index is 1.66. The molecular weight excluding hydrogens is 250 g/mol. The lowest BCUT2D eigenvalue weighted by Gasteiger charge is -2.34. The SMILES string of the molecule is CCCc1ccc(C(=O)C2CN3CCCC3CO2)cc1. The van der Waals surface area contributed by atoms with Crippen molar-refractivity contribution in [3.05, 3.63) is 35.4 Å². The molecule has 3 nitrogen and oxygen atoms in total. The monoisotopic (exact) mass is 273 g/mol. The van der Waals surface area contributed by atoms with E-state index in [0.717, 1.165) is 31.5 Å². The van der Waals surface area contributed by atoms with Crippen molar-refractivity contribution in [2.24, 2.45) is 0 Å². The van der Waals surface area contributed by atoms with E-state index in [1.165, 1.54) is 18.4 Å². The first-order chi connectivity index (χ1) is 9.78. The van der Waals surface area contributed by atoms with E-state index in [-0.39, 0.29) is 11.9 Å². The molecule has 2 saturated heterocycles. The maximum absolute atomic E-state index is 12.5. The zero-order valence-electron chi connectivity index (χ0n) is 12.2. The molecule has 2 atom stereocenters. The second kappa shape index (κ2) is 6.06. The summed E-state index contributed by atoms with van der Waals surface area (Å²) < 4.78 is 5.79. The van der Waals surface area contributed by atoms with Crippen molar-refractivity contribution in [2.75, 3.05) is 19.7 Å². The highest BCUT2D eigenvalue weighted by atomic mass is 16.5. The number of aryl methyl sites for hydroxylation is 1. The molecule has 2 aliphatic heterocycles. The third kappa shape index (κ3) is 2.79. The molecule has 108 valence electrons. The summed E-state index contributed by atoms with van der Waals surface area (Å²) in [6.07, 6.45) is 4.38. The van der Waals surface area contributed by atoms with Gasteiger partial charge in [0.05, 0.1) is 6.61 Å². The molecule has 0 spiro atoms. The van der Waals surface area contributed by atoms with Crippen LogP contribution in [0, 0.1) is 0 Å². The van der Waals surface area contributed by atoms with Gasteiger partial charge in [0.2, 0.25) is 0 Å². The number of carbonyl (C=O) groups is 1. The Morgan fingerprint density at radius 3 is 2.90 bits per heavy atom. The van der Waals surface area contributed by atoms with Crippen LogP contribution in [0.5, 0.6) is 0 Å². The van der Waals surface area contributed by atoms with Gasteiger partial charge in [-0.15, -0.1) is 0 Å². The van der Waals surface area contributed by atoms with E-state index in [2.05, 4.69) is 24.0 Å². The van der Waals surface area contributed by atoms with Gasteiger partial charge in [-0.05, 0) is 31.4 Å². The van der Waals surface area contributed by atoms with Crippen LogP contribution in [0.25, 0.3) is 0 Å². The molecule has 2 heterocycles. The maximum atomic E-state index is 12.5.